The fourth-order valence-corrected chi connectivity index (χ4v) is 5.91. The van der Waals surface area contributed by atoms with Crippen LogP contribution in [0.3, 0.4) is 0 Å². The summed E-state index contributed by atoms with van der Waals surface area (Å²) < 4.78 is 47.5. The molecule has 4 N–H and O–H groups in total. The molecule has 10 nitrogen and oxygen atoms in total. The van der Waals surface area contributed by atoms with Gasteiger partial charge in [0.25, 0.3) is 0 Å². The summed E-state index contributed by atoms with van der Waals surface area (Å²) in [6, 6.07) is 0.219. The molecular weight excluding hydrogens is 517 g/mol. The Morgan fingerprint density at radius 3 is 2.38 bits per heavy atom. The summed E-state index contributed by atoms with van der Waals surface area (Å²) in [5.41, 5.74) is -2.86. The molecule has 0 aliphatic carbocycles. The van der Waals surface area contributed by atoms with Crippen LogP contribution in [0.15, 0.2) is 18.3 Å². The van der Waals surface area contributed by atoms with Crippen molar-refractivity contribution in [1.29, 1.82) is 0 Å². The number of carbonyl (C=O) groups is 1. The zero-order valence-corrected chi connectivity index (χ0v) is 21.0. The highest BCUT2D eigenvalue weighted by molar-refractivity contribution is 8.01. The van der Waals surface area contributed by atoms with Crippen LogP contribution in [0.25, 0.3) is 11.3 Å². The fraction of sp³-hybridized carbons (Fsp3) is 0.609. The molecule has 2 aliphatic heterocycles. The van der Waals surface area contributed by atoms with Gasteiger partial charge >= 0.3 is 0 Å². The first-order chi connectivity index (χ1) is 17.4. The Bertz CT molecular complexity index is 1100. The topological polar surface area (TPSA) is 141 Å². The number of amides is 1. The summed E-state index contributed by atoms with van der Waals surface area (Å²) in [6.07, 6.45) is -1.29. The van der Waals surface area contributed by atoms with Crippen LogP contribution < -0.4 is 0 Å². The van der Waals surface area contributed by atoms with E-state index in [1.54, 1.807) is 4.90 Å². The van der Waals surface area contributed by atoms with Crippen LogP contribution in [0.2, 0.25) is 0 Å². The predicted molar refractivity (Wildman–Crippen MR) is 126 cm³/mol. The maximum absolute atomic E-state index is 13.7. The third-order valence-corrected chi connectivity index (χ3v) is 8.21. The van der Waals surface area contributed by atoms with Gasteiger partial charge in [0.1, 0.15) is 40.7 Å². The molecule has 37 heavy (non-hydrogen) atoms. The molecule has 3 heterocycles. The summed E-state index contributed by atoms with van der Waals surface area (Å²) in [7, 11) is 0. The molecule has 204 valence electrons. The monoisotopic (exact) mass is 546 g/mol. The van der Waals surface area contributed by atoms with Gasteiger partial charge in [-0.15, -0.1) is 16.9 Å². The van der Waals surface area contributed by atoms with Crippen LogP contribution in [0.5, 0.6) is 0 Å². The smallest absolute Gasteiger partial charge is 0.238 e. The standard InChI is InChI=1S/C23H29F3N4O6S/c1-23(2,35)20(21(34)29-5-3-4-6-29)37-22-19(33)17(18(32)15(10-31)36-22)30-9-14(27-28-30)11-7-12(24)16(26)13(25)8-11/h7-9,15,17-20,22,31-33,35H,3-6,10H2,1-2H3/t15-,17+,18+,19-,20-,22+/m1/s1. The first-order valence-corrected chi connectivity index (χ1v) is 12.7. The molecule has 2 fully saturated rings. The van der Waals surface area contributed by atoms with E-state index in [2.05, 4.69) is 10.3 Å². The van der Waals surface area contributed by atoms with E-state index in [1.807, 2.05) is 0 Å². The summed E-state index contributed by atoms with van der Waals surface area (Å²) in [4.78, 5) is 14.8. The van der Waals surface area contributed by atoms with Gasteiger partial charge in [0.2, 0.25) is 5.91 Å². The molecule has 1 aromatic carbocycles. The maximum Gasteiger partial charge on any atom is 0.238 e. The van der Waals surface area contributed by atoms with E-state index >= 15 is 0 Å². The molecule has 4 rings (SSSR count). The molecule has 14 heteroatoms. The lowest BCUT2D eigenvalue weighted by Crippen LogP contribution is -2.57. The van der Waals surface area contributed by atoms with E-state index in [1.165, 1.54) is 20.0 Å². The summed E-state index contributed by atoms with van der Waals surface area (Å²) >= 11 is 0.866. The van der Waals surface area contributed by atoms with Gasteiger partial charge in [-0.1, -0.05) is 5.21 Å². The van der Waals surface area contributed by atoms with E-state index in [4.69, 9.17) is 4.74 Å². The van der Waals surface area contributed by atoms with Crippen LogP contribution >= 0.6 is 11.8 Å². The lowest BCUT2D eigenvalue weighted by molar-refractivity contribution is -0.179. The number of thioether (sulfide) groups is 1. The number of aliphatic hydroxyl groups is 4. The van der Waals surface area contributed by atoms with Crippen molar-refractivity contribution in [2.24, 2.45) is 0 Å². The Kier molecular flexibility index (Phi) is 8.16. The average Bonchev–Trinajstić information content (AvgIpc) is 3.54. The number of hydrogen-bond donors (Lipinski definition) is 4. The average molecular weight is 547 g/mol. The van der Waals surface area contributed by atoms with Crippen molar-refractivity contribution in [3.63, 3.8) is 0 Å². The first-order valence-electron chi connectivity index (χ1n) is 11.8. The second-order valence-electron chi connectivity index (χ2n) is 9.74. The van der Waals surface area contributed by atoms with Gasteiger partial charge in [0.05, 0.1) is 18.4 Å². The van der Waals surface area contributed by atoms with Crippen molar-refractivity contribution >= 4 is 17.7 Å². The maximum atomic E-state index is 13.7. The highest BCUT2D eigenvalue weighted by Crippen LogP contribution is 2.40. The van der Waals surface area contributed by atoms with E-state index in [0.29, 0.717) is 13.1 Å². The fourth-order valence-electron chi connectivity index (χ4n) is 4.52. The van der Waals surface area contributed by atoms with Crippen molar-refractivity contribution in [2.45, 2.75) is 67.3 Å². The summed E-state index contributed by atoms with van der Waals surface area (Å²) in [6.45, 7) is 3.40. The van der Waals surface area contributed by atoms with E-state index < -0.39 is 64.7 Å². The minimum absolute atomic E-state index is 0.0629. The first kappa shape index (κ1) is 27.8. The number of ether oxygens (including phenoxy) is 1. The van der Waals surface area contributed by atoms with Gasteiger partial charge in [-0.05, 0) is 38.8 Å². The largest absolute Gasteiger partial charge is 0.394 e. The second-order valence-corrected chi connectivity index (χ2v) is 10.9. The number of aliphatic hydroxyl groups excluding tert-OH is 3. The molecule has 0 saturated carbocycles. The number of benzene rings is 1. The number of nitrogens with zero attached hydrogens (tertiary/aromatic N) is 4. The highest BCUT2D eigenvalue weighted by atomic mass is 32.2. The van der Waals surface area contributed by atoms with Gasteiger partial charge in [-0.25, -0.2) is 17.9 Å². The van der Waals surface area contributed by atoms with Crippen LogP contribution in [-0.2, 0) is 9.53 Å². The molecule has 2 aromatic rings. The number of hydrogen-bond acceptors (Lipinski definition) is 9. The molecule has 1 aromatic heterocycles. The Morgan fingerprint density at radius 2 is 1.81 bits per heavy atom. The molecule has 0 spiro atoms. The number of rotatable bonds is 7. The Balaban J connectivity index is 1.62. The number of halogens is 3. The molecule has 6 atom stereocenters. The minimum Gasteiger partial charge on any atom is -0.394 e. The number of carbonyl (C=O) groups excluding carboxylic acids is 1. The number of likely N-dealkylation sites (tertiary alicyclic amines) is 1. The van der Waals surface area contributed by atoms with Crippen molar-refractivity contribution in [2.75, 3.05) is 19.7 Å². The number of aromatic nitrogens is 3. The third kappa shape index (κ3) is 5.64. The molecule has 0 radical (unpaired) electrons. The van der Waals surface area contributed by atoms with Crippen molar-refractivity contribution in [3.05, 3.63) is 35.8 Å². The normalized spacial score (nSPS) is 27.5. The molecule has 0 bridgehead atoms. The van der Waals surface area contributed by atoms with Crippen LogP contribution in [0.1, 0.15) is 32.7 Å². The molecule has 2 aliphatic rings. The van der Waals surface area contributed by atoms with Crippen molar-refractivity contribution in [1.82, 2.24) is 19.9 Å². The van der Waals surface area contributed by atoms with Crippen LogP contribution in [0.4, 0.5) is 13.2 Å². The lowest BCUT2D eigenvalue weighted by Gasteiger charge is -2.43. The Morgan fingerprint density at radius 1 is 1.19 bits per heavy atom. The second kappa shape index (κ2) is 10.9. The third-order valence-electron chi connectivity index (χ3n) is 6.50. The van der Waals surface area contributed by atoms with E-state index in [-0.39, 0.29) is 17.2 Å². The van der Waals surface area contributed by atoms with Gasteiger partial charge in [-0.2, -0.15) is 0 Å². The Hall–Kier alpha value is -2.23. The van der Waals surface area contributed by atoms with Gasteiger partial charge in [0, 0.05) is 18.7 Å². The zero-order chi connectivity index (χ0) is 27.1. The van der Waals surface area contributed by atoms with E-state index in [9.17, 15) is 38.4 Å². The lowest BCUT2D eigenvalue weighted by atomic mass is 9.97. The van der Waals surface area contributed by atoms with Crippen LogP contribution in [0, 0.1) is 17.5 Å². The summed E-state index contributed by atoms with van der Waals surface area (Å²) in [5.74, 6) is -4.81. The SMILES string of the molecule is CC(C)(O)[C@H](S[C@@H]1O[C@H](CO)[C@H](O)[C@H](n2cc(-c3cc(F)c(F)c(F)c3)nn2)[C@H]1O)C(=O)N1CCCC1. The van der Waals surface area contributed by atoms with Crippen molar-refractivity contribution in [3.8, 4) is 11.3 Å². The van der Waals surface area contributed by atoms with E-state index in [0.717, 1.165) is 41.4 Å². The minimum atomic E-state index is -1.64. The Labute approximate surface area is 215 Å². The van der Waals surface area contributed by atoms with Crippen molar-refractivity contribution < 1.29 is 43.1 Å². The highest BCUT2D eigenvalue weighted by Gasteiger charge is 2.49. The van der Waals surface area contributed by atoms with Crippen LogP contribution in [-0.4, -0.2) is 101 Å². The predicted octanol–water partition coefficient (Wildman–Crippen LogP) is 0.838. The quantitative estimate of drug-likeness (QED) is 0.372. The molecule has 2 saturated heterocycles. The zero-order valence-electron chi connectivity index (χ0n) is 20.2. The van der Waals surface area contributed by atoms with Gasteiger partial charge in [0.15, 0.2) is 17.5 Å². The molecule has 1 amide bonds. The van der Waals surface area contributed by atoms with Gasteiger partial charge < -0.3 is 30.1 Å². The molecular formula is C23H29F3N4O6S. The molecule has 0 unspecified atom stereocenters. The van der Waals surface area contributed by atoms with Gasteiger partial charge in [-0.3, -0.25) is 4.79 Å². The summed E-state index contributed by atoms with van der Waals surface area (Å²) in [5, 5.41) is 49.2.